The average Bonchev–Trinajstić information content (AvgIpc) is 2.85. The Labute approximate surface area is 119 Å². The van der Waals surface area contributed by atoms with Gasteiger partial charge in [-0.3, -0.25) is 0 Å². The number of ether oxygens (including phenoxy) is 1. The summed E-state index contributed by atoms with van der Waals surface area (Å²) in [5.41, 5.74) is 0.930. The van der Waals surface area contributed by atoms with E-state index in [4.69, 9.17) is 20.8 Å². The van der Waals surface area contributed by atoms with E-state index in [1.54, 1.807) is 13.3 Å². The van der Waals surface area contributed by atoms with Gasteiger partial charge in [-0.15, -0.1) is 11.6 Å². The second-order valence-electron chi connectivity index (χ2n) is 3.76. The van der Waals surface area contributed by atoms with Gasteiger partial charge in [0.05, 0.1) is 13.3 Å². The highest BCUT2D eigenvalue weighted by Crippen LogP contribution is 2.32. The van der Waals surface area contributed by atoms with E-state index in [0.29, 0.717) is 11.8 Å². The number of hydrogen-bond donors (Lipinski definition) is 0. The summed E-state index contributed by atoms with van der Waals surface area (Å²) >= 11 is 9.14. The monoisotopic (exact) mass is 329 g/mol. The van der Waals surface area contributed by atoms with Crippen molar-refractivity contribution in [2.45, 2.75) is 12.8 Å². The second kappa shape index (κ2) is 6.25. The van der Waals surface area contributed by atoms with Crippen LogP contribution in [0.3, 0.4) is 0 Å². The minimum absolute atomic E-state index is 0.612. The van der Waals surface area contributed by atoms with Gasteiger partial charge < -0.3 is 9.15 Å². The van der Waals surface area contributed by atoms with E-state index in [0.717, 1.165) is 34.4 Å². The van der Waals surface area contributed by atoms with Crippen LogP contribution in [0.15, 0.2) is 33.3 Å². The molecule has 0 spiro atoms. The molecule has 0 aliphatic carbocycles. The maximum atomic E-state index is 5.70. The van der Waals surface area contributed by atoms with Crippen LogP contribution in [0.2, 0.25) is 0 Å². The third-order valence-electron chi connectivity index (χ3n) is 2.52. The van der Waals surface area contributed by atoms with Gasteiger partial charge in [-0.25, -0.2) is 4.98 Å². The van der Waals surface area contributed by atoms with E-state index in [1.165, 1.54) is 0 Å². The van der Waals surface area contributed by atoms with Crippen LogP contribution in [0.5, 0.6) is 5.75 Å². The fourth-order valence-electron chi connectivity index (χ4n) is 1.59. The topological polar surface area (TPSA) is 35.3 Å². The molecule has 2 rings (SSSR count). The summed E-state index contributed by atoms with van der Waals surface area (Å²) in [5.74, 6) is 2.83. The van der Waals surface area contributed by atoms with Crippen LogP contribution >= 0.6 is 27.5 Å². The van der Waals surface area contributed by atoms with Crippen molar-refractivity contribution in [3.05, 3.63) is 34.8 Å². The highest BCUT2D eigenvalue weighted by Gasteiger charge is 2.10. The molecular weight excluding hydrogens is 318 g/mol. The van der Waals surface area contributed by atoms with Crippen molar-refractivity contribution in [1.29, 1.82) is 0 Å². The predicted octanol–water partition coefficient (Wildman–Crippen LogP) is 4.28. The van der Waals surface area contributed by atoms with E-state index >= 15 is 0 Å². The molecule has 1 aromatic heterocycles. The number of oxazole rings is 1. The van der Waals surface area contributed by atoms with Crippen molar-refractivity contribution < 1.29 is 9.15 Å². The van der Waals surface area contributed by atoms with E-state index in [2.05, 4.69) is 20.9 Å². The zero-order valence-corrected chi connectivity index (χ0v) is 12.3. The number of aryl methyl sites for hydroxylation is 1. The Morgan fingerprint density at radius 1 is 1.44 bits per heavy atom. The standard InChI is InChI=1S/C13H13BrClNO2/c1-17-9-4-5-11(14)10(7-9)12-8-16-13(18-12)3-2-6-15/h4-5,7-8H,2-3,6H2,1H3. The van der Waals surface area contributed by atoms with Crippen molar-refractivity contribution in [3.8, 4) is 17.1 Å². The van der Waals surface area contributed by atoms with Crippen LogP contribution in [-0.4, -0.2) is 18.0 Å². The van der Waals surface area contributed by atoms with Crippen molar-refractivity contribution in [2.24, 2.45) is 0 Å². The molecule has 0 radical (unpaired) electrons. The second-order valence-corrected chi connectivity index (χ2v) is 4.99. The van der Waals surface area contributed by atoms with Gasteiger partial charge in [0.2, 0.25) is 0 Å². The molecule has 0 atom stereocenters. The van der Waals surface area contributed by atoms with Gasteiger partial charge >= 0.3 is 0 Å². The summed E-state index contributed by atoms with van der Waals surface area (Å²) in [6.07, 6.45) is 3.34. The van der Waals surface area contributed by atoms with Gasteiger partial charge in [-0.2, -0.15) is 0 Å². The Morgan fingerprint density at radius 2 is 2.28 bits per heavy atom. The number of rotatable bonds is 5. The quantitative estimate of drug-likeness (QED) is 0.767. The van der Waals surface area contributed by atoms with Gasteiger partial charge in [0.1, 0.15) is 5.75 Å². The summed E-state index contributed by atoms with van der Waals surface area (Å²) in [4.78, 5) is 4.24. The minimum Gasteiger partial charge on any atom is -0.497 e. The fourth-order valence-corrected chi connectivity index (χ4v) is 2.16. The van der Waals surface area contributed by atoms with Crippen LogP contribution in [0.25, 0.3) is 11.3 Å². The molecular formula is C13H13BrClNO2. The summed E-state index contributed by atoms with van der Waals surface area (Å²) in [6.45, 7) is 0. The van der Waals surface area contributed by atoms with E-state index < -0.39 is 0 Å². The number of aromatic nitrogens is 1. The van der Waals surface area contributed by atoms with E-state index in [9.17, 15) is 0 Å². The zero-order valence-electron chi connectivity index (χ0n) is 9.95. The molecule has 18 heavy (non-hydrogen) atoms. The maximum Gasteiger partial charge on any atom is 0.194 e. The van der Waals surface area contributed by atoms with Crippen LogP contribution in [-0.2, 0) is 6.42 Å². The third-order valence-corrected chi connectivity index (χ3v) is 3.48. The normalized spacial score (nSPS) is 10.6. The molecule has 0 saturated carbocycles. The van der Waals surface area contributed by atoms with Crippen molar-refractivity contribution in [1.82, 2.24) is 4.98 Å². The smallest absolute Gasteiger partial charge is 0.194 e. The molecule has 0 bridgehead atoms. The predicted molar refractivity (Wildman–Crippen MR) is 75.2 cm³/mol. The molecule has 0 aliphatic rings. The first-order chi connectivity index (χ1) is 8.74. The molecule has 0 amide bonds. The molecule has 96 valence electrons. The number of halogens is 2. The van der Waals surface area contributed by atoms with Gasteiger partial charge in [0.15, 0.2) is 11.7 Å². The molecule has 0 aliphatic heterocycles. The lowest BCUT2D eigenvalue weighted by molar-refractivity contribution is 0.414. The molecule has 0 N–H and O–H groups in total. The Balaban J connectivity index is 2.27. The lowest BCUT2D eigenvalue weighted by atomic mass is 10.2. The van der Waals surface area contributed by atoms with Gasteiger partial charge in [0.25, 0.3) is 0 Å². The molecule has 2 aromatic rings. The summed E-state index contributed by atoms with van der Waals surface area (Å²) in [5, 5.41) is 0. The van der Waals surface area contributed by atoms with Gasteiger partial charge in [0, 0.05) is 22.3 Å². The first-order valence-corrected chi connectivity index (χ1v) is 6.92. The van der Waals surface area contributed by atoms with Crippen LogP contribution in [0.4, 0.5) is 0 Å². The number of benzene rings is 1. The fraction of sp³-hybridized carbons (Fsp3) is 0.308. The Morgan fingerprint density at radius 3 is 3.00 bits per heavy atom. The Hall–Kier alpha value is -1.00. The SMILES string of the molecule is COc1ccc(Br)c(-c2cnc(CCCCl)o2)c1. The number of hydrogen-bond acceptors (Lipinski definition) is 3. The minimum atomic E-state index is 0.612. The summed E-state index contributed by atoms with van der Waals surface area (Å²) in [6, 6.07) is 5.73. The molecule has 3 nitrogen and oxygen atoms in total. The Bertz CT molecular complexity index is 527. The molecule has 0 saturated heterocycles. The molecule has 1 aromatic carbocycles. The lowest BCUT2D eigenvalue weighted by Crippen LogP contribution is -1.85. The van der Waals surface area contributed by atoms with Crippen molar-refractivity contribution in [3.63, 3.8) is 0 Å². The van der Waals surface area contributed by atoms with Crippen LogP contribution in [0.1, 0.15) is 12.3 Å². The maximum absolute atomic E-state index is 5.70. The number of nitrogens with zero attached hydrogens (tertiary/aromatic N) is 1. The lowest BCUT2D eigenvalue weighted by Gasteiger charge is -2.04. The average molecular weight is 331 g/mol. The summed E-state index contributed by atoms with van der Waals surface area (Å²) in [7, 11) is 1.64. The van der Waals surface area contributed by atoms with Crippen LogP contribution < -0.4 is 4.74 Å². The van der Waals surface area contributed by atoms with E-state index in [1.807, 2.05) is 18.2 Å². The van der Waals surface area contributed by atoms with Gasteiger partial charge in [-0.1, -0.05) is 15.9 Å². The third kappa shape index (κ3) is 3.06. The Kier molecular flexibility index (Phi) is 4.66. The summed E-state index contributed by atoms with van der Waals surface area (Å²) < 4.78 is 11.8. The molecule has 5 heteroatoms. The molecule has 1 heterocycles. The van der Waals surface area contributed by atoms with Crippen molar-refractivity contribution in [2.75, 3.05) is 13.0 Å². The highest BCUT2D eigenvalue weighted by molar-refractivity contribution is 9.10. The molecule has 0 unspecified atom stereocenters. The number of methoxy groups -OCH3 is 1. The highest BCUT2D eigenvalue weighted by atomic mass is 79.9. The zero-order chi connectivity index (χ0) is 13.0. The van der Waals surface area contributed by atoms with Crippen molar-refractivity contribution >= 4 is 27.5 Å². The largest absolute Gasteiger partial charge is 0.497 e. The van der Waals surface area contributed by atoms with Crippen LogP contribution in [0, 0.1) is 0 Å². The first kappa shape index (κ1) is 13.4. The number of alkyl halides is 1. The van der Waals surface area contributed by atoms with Gasteiger partial charge in [-0.05, 0) is 24.6 Å². The molecule has 0 fully saturated rings. The first-order valence-electron chi connectivity index (χ1n) is 5.59. The van der Waals surface area contributed by atoms with E-state index in [-0.39, 0.29) is 0 Å².